The molecule has 0 bridgehead atoms. The molecular weight excluding hydrogens is 134 g/mol. The Morgan fingerprint density at radius 1 is 1.36 bits per heavy atom. The van der Waals surface area contributed by atoms with Crippen LogP contribution in [0.25, 0.3) is 0 Å². The molecule has 0 aliphatic carbocycles. The van der Waals surface area contributed by atoms with Gasteiger partial charge in [-0.1, -0.05) is 31.2 Å². The third-order valence-corrected chi connectivity index (χ3v) is 3.02. The average Bonchev–Trinajstić information content (AvgIpc) is 2.37. The standard InChI is InChI=1S/C10H15N/c1-7-4-10-9(3)8(2)6-11(10)5-7/h9-10H,1-2,4-6H2,3H3. The summed E-state index contributed by atoms with van der Waals surface area (Å²) in [6.07, 6.45) is 1.19. The molecule has 0 spiro atoms. The van der Waals surface area contributed by atoms with Crippen molar-refractivity contribution in [1.29, 1.82) is 0 Å². The lowest BCUT2D eigenvalue weighted by atomic mass is 9.96. The van der Waals surface area contributed by atoms with Crippen LogP contribution in [-0.2, 0) is 0 Å². The van der Waals surface area contributed by atoms with E-state index in [1.165, 1.54) is 17.6 Å². The van der Waals surface area contributed by atoms with Crippen LogP contribution < -0.4 is 0 Å². The van der Waals surface area contributed by atoms with Crippen molar-refractivity contribution in [1.82, 2.24) is 4.90 Å². The second-order valence-electron chi connectivity index (χ2n) is 3.87. The first kappa shape index (κ1) is 7.11. The molecular formula is C10H15N. The van der Waals surface area contributed by atoms with Crippen molar-refractivity contribution in [2.75, 3.05) is 13.1 Å². The van der Waals surface area contributed by atoms with Crippen LogP contribution in [0, 0.1) is 5.92 Å². The number of hydrogen-bond donors (Lipinski definition) is 0. The topological polar surface area (TPSA) is 3.24 Å². The van der Waals surface area contributed by atoms with Crippen LogP contribution in [0.15, 0.2) is 24.3 Å². The maximum atomic E-state index is 4.07. The van der Waals surface area contributed by atoms with E-state index in [4.69, 9.17) is 0 Å². The second-order valence-corrected chi connectivity index (χ2v) is 3.87. The van der Waals surface area contributed by atoms with E-state index < -0.39 is 0 Å². The lowest BCUT2D eigenvalue weighted by molar-refractivity contribution is 0.299. The summed E-state index contributed by atoms with van der Waals surface area (Å²) in [5.74, 6) is 0.689. The van der Waals surface area contributed by atoms with Crippen LogP contribution >= 0.6 is 0 Å². The van der Waals surface area contributed by atoms with Crippen molar-refractivity contribution in [2.45, 2.75) is 19.4 Å². The Balaban J connectivity index is 2.19. The van der Waals surface area contributed by atoms with E-state index >= 15 is 0 Å². The molecule has 0 aromatic heterocycles. The highest BCUT2D eigenvalue weighted by molar-refractivity contribution is 5.22. The average molecular weight is 149 g/mol. The maximum absolute atomic E-state index is 4.07. The molecule has 2 unspecified atom stereocenters. The highest BCUT2D eigenvalue weighted by Gasteiger charge is 2.38. The van der Waals surface area contributed by atoms with Crippen LogP contribution in [0.5, 0.6) is 0 Å². The Morgan fingerprint density at radius 2 is 2.09 bits per heavy atom. The number of rotatable bonds is 0. The maximum Gasteiger partial charge on any atom is 0.0203 e. The zero-order valence-corrected chi connectivity index (χ0v) is 7.14. The highest BCUT2D eigenvalue weighted by atomic mass is 15.2. The third kappa shape index (κ3) is 0.951. The van der Waals surface area contributed by atoms with Gasteiger partial charge in [0.05, 0.1) is 0 Å². The molecule has 2 heterocycles. The summed E-state index contributed by atoms with van der Waals surface area (Å²) in [6.45, 7) is 12.6. The lowest BCUT2D eigenvalue weighted by Gasteiger charge is -2.14. The fourth-order valence-corrected chi connectivity index (χ4v) is 2.24. The molecule has 1 heteroatoms. The molecule has 2 rings (SSSR count). The molecule has 0 aromatic rings. The quantitative estimate of drug-likeness (QED) is 0.475. The summed E-state index contributed by atoms with van der Waals surface area (Å²) >= 11 is 0. The zero-order valence-electron chi connectivity index (χ0n) is 7.14. The Labute approximate surface area is 68.4 Å². The molecule has 60 valence electrons. The van der Waals surface area contributed by atoms with Crippen LogP contribution in [-0.4, -0.2) is 24.0 Å². The minimum absolute atomic E-state index is 0.689. The van der Waals surface area contributed by atoms with Gasteiger partial charge in [0.25, 0.3) is 0 Å². The van der Waals surface area contributed by atoms with Gasteiger partial charge in [-0.15, -0.1) is 0 Å². The lowest BCUT2D eigenvalue weighted by Crippen LogP contribution is -2.24. The molecule has 11 heavy (non-hydrogen) atoms. The Morgan fingerprint density at radius 3 is 2.73 bits per heavy atom. The first-order chi connectivity index (χ1) is 5.18. The smallest absolute Gasteiger partial charge is 0.0203 e. The van der Waals surface area contributed by atoms with Crippen LogP contribution in [0.2, 0.25) is 0 Å². The van der Waals surface area contributed by atoms with Crippen molar-refractivity contribution < 1.29 is 0 Å². The van der Waals surface area contributed by atoms with Gasteiger partial charge in [-0.05, 0) is 12.3 Å². The molecule has 0 amide bonds. The summed E-state index contributed by atoms with van der Waals surface area (Å²) < 4.78 is 0. The third-order valence-electron chi connectivity index (χ3n) is 3.02. The molecule has 2 aliphatic rings. The van der Waals surface area contributed by atoms with E-state index in [9.17, 15) is 0 Å². The number of hydrogen-bond acceptors (Lipinski definition) is 1. The van der Waals surface area contributed by atoms with E-state index in [0.717, 1.165) is 19.1 Å². The van der Waals surface area contributed by atoms with Crippen LogP contribution in [0.1, 0.15) is 13.3 Å². The minimum Gasteiger partial charge on any atom is -0.292 e. The number of fused-ring (bicyclic) bond motifs is 1. The Hall–Kier alpha value is -0.560. The Kier molecular flexibility index (Phi) is 1.43. The van der Waals surface area contributed by atoms with Gasteiger partial charge < -0.3 is 0 Å². The zero-order chi connectivity index (χ0) is 8.01. The summed E-state index contributed by atoms with van der Waals surface area (Å²) in [4.78, 5) is 2.50. The predicted octanol–water partition coefficient (Wildman–Crippen LogP) is 1.82. The molecule has 2 aliphatic heterocycles. The van der Waals surface area contributed by atoms with Crippen LogP contribution in [0.3, 0.4) is 0 Å². The first-order valence-corrected chi connectivity index (χ1v) is 4.27. The monoisotopic (exact) mass is 149 g/mol. The van der Waals surface area contributed by atoms with Gasteiger partial charge in [-0.3, -0.25) is 4.90 Å². The summed E-state index contributed by atoms with van der Waals surface area (Å²) in [5.41, 5.74) is 2.80. The van der Waals surface area contributed by atoms with Crippen molar-refractivity contribution in [3.05, 3.63) is 24.3 Å². The van der Waals surface area contributed by atoms with Gasteiger partial charge >= 0.3 is 0 Å². The van der Waals surface area contributed by atoms with E-state index in [2.05, 4.69) is 25.0 Å². The molecule has 1 nitrogen and oxygen atoms in total. The van der Waals surface area contributed by atoms with Crippen molar-refractivity contribution in [3.63, 3.8) is 0 Å². The Bertz CT molecular complexity index is 217. The summed E-state index contributed by atoms with van der Waals surface area (Å²) in [7, 11) is 0. The fraction of sp³-hybridized carbons (Fsp3) is 0.600. The molecule has 0 saturated carbocycles. The molecule has 2 saturated heterocycles. The molecule has 2 fully saturated rings. The molecule has 2 atom stereocenters. The van der Waals surface area contributed by atoms with Crippen molar-refractivity contribution >= 4 is 0 Å². The largest absolute Gasteiger partial charge is 0.292 e. The highest BCUT2D eigenvalue weighted by Crippen LogP contribution is 2.36. The van der Waals surface area contributed by atoms with E-state index in [1.807, 2.05) is 0 Å². The summed E-state index contributed by atoms with van der Waals surface area (Å²) in [6, 6.07) is 0.731. The van der Waals surface area contributed by atoms with Gasteiger partial charge in [0.2, 0.25) is 0 Å². The van der Waals surface area contributed by atoms with E-state index in [0.29, 0.717) is 5.92 Å². The fourth-order valence-electron chi connectivity index (χ4n) is 2.24. The van der Waals surface area contributed by atoms with Crippen molar-refractivity contribution in [2.24, 2.45) is 5.92 Å². The molecule has 0 aromatic carbocycles. The van der Waals surface area contributed by atoms with Gasteiger partial charge in [-0.25, -0.2) is 0 Å². The second kappa shape index (κ2) is 2.21. The normalized spacial score (nSPS) is 38.3. The summed E-state index contributed by atoms with van der Waals surface area (Å²) in [5, 5.41) is 0. The van der Waals surface area contributed by atoms with Gasteiger partial charge in [0, 0.05) is 19.1 Å². The minimum atomic E-state index is 0.689. The predicted molar refractivity (Wildman–Crippen MR) is 47.4 cm³/mol. The number of nitrogens with zero attached hydrogens (tertiary/aromatic N) is 1. The van der Waals surface area contributed by atoms with Gasteiger partial charge in [0.15, 0.2) is 0 Å². The molecule has 0 N–H and O–H groups in total. The van der Waals surface area contributed by atoms with Crippen LogP contribution in [0.4, 0.5) is 0 Å². The van der Waals surface area contributed by atoms with Gasteiger partial charge in [0.1, 0.15) is 0 Å². The van der Waals surface area contributed by atoms with E-state index in [-0.39, 0.29) is 0 Å². The molecule has 0 radical (unpaired) electrons. The van der Waals surface area contributed by atoms with E-state index in [1.54, 1.807) is 0 Å². The SMILES string of the molecule is C=C1CC2C(C)C(=C)CN2C1. The van der Waals surface area contributed by atoms with Gasteiger partial charge in [-0.2, -0.15) is 0 Å². The first-order valence-electron chi connectivity index (χ1n) is 4.27. The van der Waals surface area contributed by atoms with Crippen molar-refractivity contribution in [3.8, 4) is 0 Å².